The van der Waals surface area contributed by atoms with E-state index in [2.05, 4.69) is 5.32 Å². The van der Waals surface area contributed by atoms with Gasteiger partial charge in [-0.15, -0.1) is 11.8 Å². The van der Waals surface area contributed by atoms with Crippen LogP contribution < -0.4 is 5.32 Å². The molecular formula is C19H28N2O2S. The second-order valence-corrected chi connectivity index (χ2v) is 8.81. The summed E-state index contributed by atoms with van der Waals surface area (Å²) in [6.07, 6.45) is 1.66. The van der Waals surface area contributed by atoms with Gasteiger partial charge in [-0.3, -0.25) is 9.59 Å². The molecule has 1 saturated heterocycles. The maximum atomic E-state index is 12.4. The van der Waals surface area contributed by atoms with Crippen LogP contribution in [0.1, 0.15) is 40.5 Å². The molecule has 1 aromatic carbocycles. The second-order valence-electron chi connectivity index (χ2n) is 7.40. The lowest BCUT2D eigenvalue weighted by atomic mass is 9.93. The molecule has 0 bridgehead atoms. The number of hydrogen-bond donors (Lipinski definition) is 1. The summed E-state index contributed by atoms with van der Waals surface area (Å²) >= 11 is 1.57. The number of rotatable bonds is 4. The third-order valence-electron chi connectivity index (χ3n) is 4.20. The van der Waals surface area contributed by atoms with Crippen molar-refractivity contribution in [1.29, 1.82) is 0 Å². The highest BCUT2D eigenvalue weighted by atomic mass is 32.2. The zero-order chi connectivity index (χ0) is 17.7. The normalized spacial score (nSPS) is 17.4. The largest absolute Gasteiger partial charge is 0.352 e. The van der Waals surface area contributed by atoms with Gasteiger partial charge in [-0.1, -0.05) is 39.0 Å². The average Bonchev–Trinajstić information content (AvgIpc) is 2.55. The van der Waals surface area contributed by atoms with Crippen LogP contribution in [0.3, 0.4) is 0 Å². The van der Waals surface area contributed by atoms with Gasteiger partial charge in [-0.05, 0) is 31.9 Å². The van der Waals surface area contributed by atoms with Crippen LogP contribution >= 0.6 is 11.8 Å². The van der Waals surface area contributed by atoms with E-state index in [-0.39, 0.29) is 28.5 Å². The molecule has 0 spiro atoms. The summed E-state index contributed by atoms with van der Waals surface area (Å²) in [6.45, 7) is 9.23. The Hall–Kier alpha value is -1.49. The van der Waals surface area contributed by atoms with Crippen LogP contribution in [0, 0.1) is 5.41 Å². The fraction of sp³-hybridized carbons (Fsp3) is 0.579. The van der Waals surface area contributed by atoms with E-state index in [1.807, 2.05) is 62.9 Å². The van der Waals surface area contributed by atoms with E-state index in [1.54, 1.807) is 11.8 Å². The summed E-state index contributed by atoms with van der Waals surface area (Å²) in [6, 6.07) is 10.1. The number of carbonyl (C=O) groups excluding carboxylic acids is 2. The van der Waals surface area contributed by atoms with E-state index in [0.717, 1.165) is 30.8 Å². The highest BCUT2D eigenvalue weighted by Crippen LogP contribution is 2.24. The number of piperidine rings is 1. The standard InChI is InChI=1S/C19H28N2O2S/c1-14(24-16-8-6-5-7-9-16)17(22)20-15-10-12-21(13-11-15)18(23)19(2,3)4/h5-9,14-15H,10-13H2,1-4H3,(H,20,22). The van der Waals surface area contributed by atoms with Crippen molar-refractivity contribution in [2.24, 2.45) is 5.41 Å². The van der Waals surface area contributed by atoms with Crippen LogP contribution in [-0.4, -0.2) is 41.1 Å². The molecule has 0 saturated carbocycles. The molecule has 24 heavy (non-hydrogen) atoms. The first-order valence-electron chi connectivity index (χ1n) is 8.59. The zero-order valence-corrected chi connectivity index (χ0v) is 15.9. The Morgan fingerprint density at radius 1 is 1.17 bits per heavy atom. The molecule has 1 fully saturated rings. The van der Waals surface area contributed by atoms with Gasteiger partial charge < -0.3 is 10.2 Å². The van der Waals surface area contributed by atoms with E-state index >= 15 is 0 Å². The van der Waals surface area contributed by atoms with Gasteiger partial charge in [0, 0.05) is 29.4 Å². The Morgan fingerprint density at radius 3 is 2.29 bits per heavy atom. The van der Waals surface area contributed by atoms with Crippen LogP contribution in [-0.2, 0) is 9.59 Å². The molecule has 5 heteroatoms. The van der Waals surface area contributed by atoms with Gasteiger partial charge in [0.05, 0.1) is 5.25 Å². The topological polar surface area (TPSA) is 49.4 Å². The van der Waals surface area contributed by atoms with Crippen LogP contribution in [0.15, 0.2) is 35.2 Å². The summed E-state index contributed by atoms with van der Waals surface area (Å²) in [4.78, 5) is 27.7. The van der Waals surface area contributed by atoms with Crippen molar-refractivity contribution in [3.63, 3.8) is 0 Å². The van der Waals surface area contributed by atoms with Crippen LogP contribution in [0.4, 0.5) is 0 Å². The minimum Gasteiger partial charge on any atom is -0.352 e. The lowest BCUT2D eigenvalue weighted by Crippen LogP contribution is -2.50. The Balaban J connectivity index is 1.79. The third-order valence-corrected chi connectivity index (χ3v) is 5.31. The van der Waals surface area contributed by atoms with Gasteiger partial charge in [0.1, 0.15) is 0 Å². The van der Waals surface area contributed by atoms with E-state index in [9.17, 15) is 9.59 Å². The van der Waals surface area contributed by atoms with Crippen molar-refractivity contribution in [3.05, 3.63) is 30.3 Å². The molecular weight excluding hydrogens is 320 g/mol. The molecule has 4 nitrogen and oxygen atoms in total. The van der Waals surface area contributed by atoms with E-state index in [0.29, 0.717) is 0 Å². The van der Waals surface area contributed by atoms with Gasteiger partial charge in [0.25, 0.3) is 0 Å². The summed E-state index contributed by atoms with van der Waals surface area (Å²) in [7, 11) is 0. The van der Waals surface area contributed by atoms with Crippen molar-refractivity contribution in [1.82, 2.24) is 10.2 Å². The van der Waals surface area contributed by atoms with Crippen molar-refractivity contribution in [3.8, 4) is 0 Å². The molecule has 132 valence electrons. The maximum Gasteiger partial charge on any atom is 0.233 e. The number of hydrogen-bond acceptors (Lipinski definition) is 3. The van der Waals surface area contributed by atoms with Gasteiger partial charge in [0.2, 0.25) is 11.8 Å². The minimum atomic E-state index is -0.336. The minimum absolute atomic E-state index is 0.0736. The van der Waals surface area contributed by atoms with E-state index in [4.69, 9.17) is 0 Å². The van der Waals surface area contributed by atoms with Crippen LogP contribution in [0.5, 0.6) is 0 Å². The van der Waals surface area contributed by atoms with Gasteiger partial charge in [-0.25, -0.2) is 0 Å². The number of carbonyl (C=O) groups is 2. The maximum absolute atomic E-state index is 12.4. The summed E-state index contributed by atoms with van der Waals surface area (Å²) in [5.74, 6) is 0.268. The Labute approximate surface area is 149 Å². The fourth-order valence-electron chi connectivity index (χ4n) is 2.78. The molecule has 0 aliphatic carbocycles. The molecule has 1 atom stereocenters. The zero-order valence-electron chi connectivity index (χ0n) is 15.0. The first kappa shape index (κ1) is 18.8. The Kier molecular flexibility index (Phi) is 6.33. The molecule has 1 aromatic rings. The Bertz CT molecular complexity index is 560. The lowest BCUT2D eigenvalue weighted by molar-refractivity contribution is -0.140. The number of nitrogens with zero attached hydrogens (tertiary/aromatic N) is 1. The number of likely N-dealkylation sites (tertiary alicyclic amines) is 1. The predicted molar refractivity (Wildman–Crippen MR) is 99.0 cm³/mol. The highest BCUT2D eigenvalue weighted by molar-refractivity contribution is 8.00. The summed E-state index contributed by atoms with van der Waals surface area (Å²) < 4.78 is 0. The molecule has 1 unspecified atom stereocenters. The number of benzene rings is 1. The number of nitrogens with one attached hydrogen (secondary N) is 1. The van der Waals surface area contributed by atoms with Crippen molar-refractivity contribution < 1.29 is 9.59 Å². The SMILES string of the molecule is CC(Sc1ccccc1)C(=O)NC1CCN(C(=O)C(C)(C)C)CC1. The molecule has 0 radical (unpaired) electrons. The second kappa shape index (κ2) is 8.06. The molecule has 1 aliphatic rings. The van der Waals surface area contributed by atoms with Crippen LogP contribution in [0.25, 0.3) is 0 Å². The third kappa shape index (κ3) is 5.26. The van der Waals surface area contributed by atoms with Crippen molar-refractivity contribution in [2.75, 3.05) is 13.1 Å². The predicted octanol–water partition coefficient (Wildman–Crippen LogP) is 3.32. The van der Waals surface area contributed by atoms with E-state index < -0.39 is 0 Å². The average molecular weight is 349 g/mol. The molecule has 2 amide bonds. The summed E-state index contributed by atoms with van der Waals surface area (Å²) in [5.41, 5.74) is -0.336. The van der Waals surface area contributed by atoms with Crippen molar-refractivity contribution in [2.45, 2.75) is 56.7 Å². The molecule has 1 N–H and O–H groups in total. The fourth-order valence-corrected chi connectivity index (χ4v) is 3.67. The number of thioether (sulfide) groups is 1. The van der Waals surface area contributed by atoms with E-state index in [1.165, 1.54) is 0 Å². The smallest absolute Gasteiger partial charge is 0.233 e. The molecule has 0 aromatic heterocycles. The monoisotopic (exact) mass is 348 g/mol. The quantitative estimate of drug-likeness (QED) is 0.849. The molecule has 2 rings (SSSR count). The summed E-state index contributed by atoms with van der Waals surface area (Å²) in [5, 5.41) is 3.02. The van der Waals surface area contributed by atoms with Gasteiger partial charge >= 0.3 is 0 Å². The first-order chi connectivity index (χ1) is 11.3. The number of amides is 2. The van der Waals surface area contributed by atoms with Gasteiger partial charge in [-0.2, -0.15) is 0 Å². The van der Waals surface area contributed by atoms with Crippen LogP contribution in [0.2, 0.25) is 0 Å². The Morgan fingerprint density at radius 2 is 1.75 bits per heavy atom. The first-order valence-corrected chi connectivity index (χ1v) is 9.47. The lowest BCUT2D eigenvalue weighted by Gasteiger charge is -2.36. The van der Waals surface area contributed by atoms with Gasteiger partial charge in [0.15, 0.2) is 0 Å². The molecule has 1 heterocycles. The highest BCUT2D eigenvalue weighted by Gasteiger charge is 2.31. The molecule has 1 aliphatic heterocycles. The van der Waals surface area contributed by atoms with Crippen molar-refractivity contribution >= 4 is 23.6 Å².